The molecule has 4 nitrogen and oxygen atoms in total. The Morgan fingerprint density at radius 3 is 2.89 bits per heavy atom. The van der Waals surface area contributed by atoms with Crippen LogP contribution in [0.4, 0.5) is 5.69 Å². The molecule has 6 heteroatoms. The van der Waals surface area contributed by atoms with E-state index in [0.717, 1.165) is 0 Å². The van der Waals surface area contributed by atoms with Crippen molar-refractivity contribution in [2.45, 2.75) is 19.4 Å². The number of amides is 1. The molecule has 0 radical (unpaired) electrons. The van der Waals surface area contributed by atoms with Crippen LogP contribution in [0.1, 0.15) is 13.3 Å². The smallest absolute Gasteiger partial charge is 0.229 e. The van der Waals surface area contributed by atoms with Gasteiger partial charge in [-0.1, -0.05) is 11.6 Å². The van der Waals surface area contributed by atoms with Crippen molar-refractivity contribution in [1.29, 1.82) is 0 Å². The molecule has 1 fully saturated rings. The topological polar surface area (TPSA) is 49.8 Å². The van der Waals surface area contributed by atoms with E-state index in [1.54, 1.807) is 12.1 Å². The predicted octanol–water partition coefficient (Wildman–Crippen LogP) is 2.60. The Morgan fingerprint density at radius 2 is 2.33 bits per heavy atom. The van der Waals surface area contributed by atoms with Gasteiger partial charge in [-0.25, -0.2) is 0 Å². The second kappa shape index (κ2) is 5.47. The molecule has 2 rings (SSSR count). The molecule has 1 atom stereocenters. The summed E-state index contributed by atoms with van der Waals surface area (Å²) in [6.45, 7) is 2.62. The Kier molecular flexibility index (Phi) is 4.14. The Balaban J connectivity index is 2.45. The lowest BCUT2D eigenvalue weighted by atomic mass is 10.2. The lowest BCUT2D eigenvalue weighted by Crippen LogP contribution is -2.26. The van der Waals surface area contributed by atoms with Crippen LogP contribution in [0.2, 0.25) is 5.02 Å². The van der Waals surface area contributed by atoms with Crippen molar-refractivity contribution in [1.82, 2.24) is 0 Å². The number of ether oxygens (including phenoxy) is 1. The molecule has 1 aliphatic rings. The summed E-state index contributed by atoms with van der Waals surface area (Å²) in [4.78, 5) is 13.3. The average Bonchev–Trinajstić information content (AvgIpc) is 2.61. The Hall–Kier alpha value is -0.780. The van der Waals surface area contributed by atoms with Gasteiger partial charge in [0.1, 0.15) is 0 Å². The Morgan fingerprint density at radius 1 is 1.61 bits per heavy atom. The van der Waals surface area contributed by atoms with E-state index in [9.17, 15) is 9.90 Å². The maximum absolute atomic E-state index is 11.8. The van der Waals surface area contributed by atoms with Crippen LogP contribution in [-0.4, -0.2) is 30.3 Å². The molecule has 0 bridgehead atoms. The summed E-state index contributed by atoms with van der Waals surface area (Å²) in [6.07, 6.45) is -0.500. The van der Waals surface area contributed by atoms with Crippen molar-refractivity contribution in [3.8, 4) is 5.75 Å². The zero-order valence-electron chi connectivity index (χ0n) is 9.82. The number of halogens is 2. The molecule has 1 aliphatic heterocycles. The third kappa shape index (κ3) is 2.63. The summed E-state index contributed by atoms with van der Waals surface area (Å²) < 4.78 is 6.23. The summed E-state index contributed by atoms with van der Waals surface area (Å²) in [5, 5.41) is 10.1. The van der Waals surface area contributed by atoms with Crippen LogP contribution in [-0.2, 0) is 4.79 Å². The number of carbonyl (C=O) groups is 1. The van der Waals surface area contributed by atoms with Gasteiger partial charge in [0, 0.05) is 5.02 Å². The van der Waals surface area contributed by atoms with Gasteiger partial charge in [-0.15, -0.1) is 0 Å². The number of hydrogen-bond donors (Lipinski definition) is 1. The highest BCUT2D eigenvalue weighted by atomic mass is 79.9. The number of benzene rings is 1. The van der Waals surface area contributed by atoms with Gasteiger partial charge < -0.3 is 14.7 Å². The lowest BCUT2D eigenvalue weighted by Gasteiger charge is -2.21. The van der Waals surface area contributed by atoms with Gasteiger partial charge in [0.2, 0.25) is 5.91 Å². The molecule has 1 N–H and O–H groups in total. The van der Waals surface area contributed by atoms with Gasteiger partial charge in [-0.05, 0) is 35.0 Å². The van der Waals surface area contributed by atoms with Gasteiger partial charge in [-0.2, -0.15) is 0 Å². The fourth-order valence-electron chi connectivity index (χ4n) is 1.96. The van der Waals surface area contributed by atoms with Crippen LogP contribution < -0.4 is 9.64 Å². The summed E-state index contributed by atoms with van der Waals surface area (Å²) in [5.41, 5.74) is 0.595. The van der Waals surface area contributed by atoms with Crippen molar-refractivity contribution < 1.29 is 14.6 Å². The van der Waals surface area contributed by atoms with Crippen molar-refractivity contribution in [2.75, 3.05) is 18.1 Å². The number of aliphatic hydroxyl groups excluding tert-OH is 1. The maximum atomic E-state index is 11.8. The van der Waals surface area contributed by atoms with Gasteiger partial charge in [0.15, 0.2) is 5.75 Å². The maximum Gasteiger partial charge on any atom is 0.229 e. The first-order chi connectivity index (χ1) is 8.52. The second-order valence-corrected chi connectivity index (χ2v) is 5.32. The fourth-order valence-corrected chi connectivity index (χ4v) is 2.86. The zero-order valence-corrected chi connectivity index (χ0v) is 12.2. The van der Waals surface area contributed by atoms with Crippen LogP contribution in [0.25, 0.3) is 0 Å². The molecular weight excluding hydrogens is 321 g/mol. The molecule has 1 saturated heterocycles. The first-order valence-corrected chi connectivity index (χ1v) is 6.80. The summed E-state index contributed by atoms with van der Waals surface area (Å²) in [6, 6.07) is 3.39. The van der Waals surface area contributed by atoms with E-state index in [4.69, 9.17) is 16.3 Å². The van der Waals surface area contributed by atoms with E-state index in [-0.39, 0.29) is 18.9 Å². The minimum absolute atomic E-state index is 0.127. The molecule has 18 heavy (non-hydrogen) atoms. The van der Waals surface area contributed by atoms with Gasteiger partial charge in [-0.3, -0.25) is 4.79 Å². The molecule has 0 saturated carbocycles. The lowest BCUT2D eigenvalue weighted by molar-refractivity contribution is -0.117. The third-order valence-corrected chi connectivity index (χ3v) is 3.48. The molecule has 98 valence electrons. The highest BCUT2D eigenvalue weighted by molar-refractivity contribution is 9.10. The van der Waals surface area contributed by atoms with Crippen molar-refractivity contribution in [2.24, 2.45) is 0 Å². The molecule has 1 amide bonds. The first kappa shape index (κ1) is 13.6. The third-order valence-electron chi connectivity index (χ3n) is 2.67. The minimum atomic E-state index is -0.635. The first-order valence-electron chi connectivity index (χ1n) is 5.63. The molecule has 1 heterocycles. The molecule has 0 aromatic heterocycles. The number of hydrogen-bond acceptors (Lipinski definition) is 3. The molecule has 1 aromatic carbocycles. The molecule has 1 unspecified atom stereocenters. The number of anilines is 1. The highest BCUT2D eigenvalue weighted by Crippen LogP contribution is 2.40. The quantitative estimate of drug-likeness (QED) is 0.924. The van der Waals surface area contributed by atoms with Crippen molar-refractivity contribution >= 4 is 39.1 Å². The highest BCUT2D eigenvalue weighted by Gasteiger charge is 2.31. The number of nitrogens with zero attached hydrogens (tertiary/aromatic N) is 1. The summed E-state index contributed by atoms with van der Waals surface area (Å²) in [7, 11) is 0. The SMILES string of the molecule is CCOc1c(Br)cc(Cl)cc1N1CC(O)CC1=O. The number of rotatable bonds is 3. The van der Waals surface area contributed by atoms with Crippen molar-refractivity contribution in [3.05, 3.63) is 21.6 Å². The normalized spacial score (nSPS) is 19.4. The van der Waals surface area contributed by atoms with Gasteiger partial charge >= 0.3 is 0 Å². The molecular formula is C12H13BrClNO3. The second-order valence-electron chi connectivity index (χ2n) is 4.03. The van der Waals surface area contributed by atoms with Crippen LogP contribution in [0, 0.1) is 0 Å². The van der Waals surface area contributed by atoms with E-state index < -0.39 is 6.10 Å². The number of β-amino-alcohol motifs (C(OH)–C–C–N with tert-alkyl or cyclic N) is 1. The number of carbonyl (C=O) groups excluding carboxylic acids is 1. The Bertz CT molecular complexity index is 481. The predicted molar refractivity (Wildman–Crippen MR) is 73.3 cm³/mol. The van der Waals surface area contributed by atoms with E-state index >= 15 is 0 Å². The van der Waals surface area contributed by atoms with Crippen LogP contribution in [0.15, 0.2) is 16.6 Å². The Labute approximate surface area is 119 Å². The minimum Gasteiger partial charge on any atom is -0.490 e. The van der Waals surface area contributed by atoms with Crippen LogP contribution in [0.5, 0.6) is 5.75 Å². The average molecular weight is 335 g/mol. The fraction of sp³-hybridized carbons (Fsp3) is 0.417. The van der Waals surface area contributed by atoms with E-state index in [1.807, 2.05) is 6.92 Å². The monoisotopic (exact) mass is 333 g/mol. The van der Waals surface area contributed by atoms with Gasteiger partial charge in [0.25, 0.3) is 0 Å². The van der Waals surface area contributed by atoms with E-state index in [2.05, 4.69) is 15.9 Å². The van der Waals surface area contributed by atoms with E-state index in [1.165, 1.54) is 4.90 Å². The standard InChI is InChI=1S/C12H13BrClNO3/c1-2-18-12-9(13)3-7(14)4-10(12)15-6-8(16)5-11(15)17/h3-4,8,16H,2,5-6H2,1H3. The summed E-state index contributed by atoms with van der Waals surface area (Å²) >= 11 is 9.37. The van der Waals surface area contributed by atoms with Gasteiger partial charge in [0.05, 0.1) is 35.8 Å². The van der Waals surface area contributed by atoms with E-state index in [0.29, 0.717) is 27.5 Å². The van der Waals surface area contributed by atoms with Crippen molar-refractivity contribution in [3.63, 3.8) is 0 Å². The molecule has 0 spiro atoms. The number of aliphatic hydroxyl groups is 1. The zero-order chi connectivity index (χ0) is 13.3. The van der Waals surface area contributed by atoms with Crippen LogP contribution >= 0.6 is 27.5 Å². The largest absolute Gasteiger partial charge is 0.490 e. The summed E-state index contributed by atoms with van der Waals surface area (Å²) in [5.74, 6) is 0.446. The molecule has 0 aliphatic carbocycles. The molecule has 1 aromatic rings. The van der Waals surface area contributed by atoms with Crippen LogP contribution in [0.3, 0.4) is 0 Å².